The molecule has 1 N–H and O–H groups in total. The van der Waals surface area contributed by atoms with Crippen molar-refractivity contribution in [2.24, 2.45) is 0 Å². The van der Waals surface area contributed by atoms with Crippen molar-refractivity contribution in [3.63, 3.8) is 0 Å². The highest BCUT2D eigenvalue weighted by molar-refractivity contribution is 5.86. The number of dihydropyridines is 1. The summed E-state index contributed by atoms with van der Waals surface area (Å²) < 4.78 is 5.28. The van der Waals surface area contributed by atoms with Crippen molar-refractivity contribution in [3.8, 4) is 5.75 Å². The number of nitrogens with one attached hydrogen (secondary N) is 1. The molecule has 92 valence electrons. The van der Waals surface area contributed by atoms with E-state index < -0.39 is 0 Å². The second-order valence-corrected chi connectivity index (χ2v) is 3.87. The number of carbonyl (C=O) groups is 2. The van der Waals surface area contributed by atoms with E-state index >= 15 is 0 Å². The van der Waals surface area contributed by atoms with Crippen LogP contribution in [0.1, 0.15) is 11.5 Å². The minimum Gasteiger partial charge on any atom is -0.496 e. The van der Waals surface area contributed by atoms with Crippen LogP contribution >= 0.6 is 0 Å². The van der Waals surface area contributed by atoms with Crippen LogP contribution in [0.4, 0.5) is 0 Å². The fourth-order valence-corrected chi connectivity index (χ4v) is 2.06. The third kappa shape index (κ3) is 2.05. The Balaban J connectivity index is 2.53. The average molecular weight is 243 g/mol. The first-order valence-corrected chi connectivity index (χ1v) is 5.51. The third-order valence-corrected chi connectivity index (χ3v) is 2.89. The maximum absolute atomic E-state index is 11.1. The first-order chi connectivity index (χ1) is 8.81. The monoisotopic (exact) mass is 243 g/mol. The van der Waals surface area contributed by atoms with E-state index in [1.54, 1.807) is 19.5 Å². The number of hydrogen-bond donors (Lipinski definition) is 1. The lowest BCUT2D eigenvalue weighted by Crippen LogP contribution is -2.18. The summed E-state index contributed by atoms with van der Waals surface area (Å²) in [5.41, 5.74) is 1.81. The number of ether oxygens (including phenoxy) is 1. The van der Waals surface area contributed by atoms with Gasteiger partial charge in [0.1, 0.15) is 18.3 Å². The number of benzene rings is 1. The molecule has 1 heterocycles. The molecule has 1 aromatic rings. The van der Waals surface area contributed by atoms with Crippen LogP contribution in [0.15, 0.2) is 47.8 Å². The summed E-state index contributed by atoms with van der Waals surface area (Å²) >= 11 is 0. The zero-order valence-corrected chi connectivity index (χ0v) is 9.92. The van der Waals surface area contributed by atoms with Crippen molar-refractivity contribution in [2.75, 3.05) is 7.11 Å². The SMILES string of the molecule is COc1ccccc1C1C(C=O)=CNC=C1C=O. The number of para-hydroxylation sites is 1. The van der Waals surface area contributed by atoms with Gasteiger partial charge in [-0.25, -0.2) is 0 Å². The Kier molecular flexibility index (Phi) is 3.57. The van der Waals surface area contributed by atoms with Crippen LogP contribution in [0.3, 0.4) is 0 Å². The highest BCUT2D eigenvalue weighted by Gasteiger charge is 2.25. The number of methoxy groups -OCH3 is 1. The van der Waals surface area contributed by atoms with Crippen LogP contribution in [0.5, 0.6) is 5.75 Å². The van der Waals surface area contributed by atoms with Crippen molar-refractivity contribution in [1.29, 1.82) is 0 Å². The van der Waals surface area contributed by atoms with E-state index in [-0.39, 0.29) is 5.92 Å². The lowest BCUT2D eigenvalue weighted by atomic mass is 9.84. The van der Waals surface area contributed by atoms with E-state index in [1.807, 2.05) is 24.3 Å². The predicted octanol–water partition coefficient (Wildman–Crippen LogP) is 1.55. The van der Waals surface area contributed by atoms with E-state index in [9.17, 15) is 9.59 Å². The number of carbonyl (C=O) groups excluding carboxylic acids is 2. The molecule has 0 amide bonds. The van der Waals surface area contributed by atoms with Crippen LogP contribution in [-0.2, 0) is 9.59 Å². The maximum Gasteiger partial charge on any atom is 0.148 e. The van der Waals surface area contributed by atoms with Gasteiger partial charge in [-0.05, 0) is 6.07 Å². The molecule has 1 aliphatic heterocycles. The van der Waals surface area contributed by atoms with E-state index in [4.69, 9.17) is 4.74 Å². The number of aldehydes is 2. The summed E-state index contributed by atoms with van der Waals surface area (Å²) in [6.07, 6.45) is 4.69. The Labute approximate surface area is 105 Å². The van der Waals surface area contributed by atoms with Crippen molar-refractivity contribution in [2.45, 2.75) is 5.92 Å². The Morgan fingerprint density at radius 2 is 1.72 bits per heavy atom. The van der Waals surface area contributed by atoms with Gasteiger partial charge in [0.15, 0.2) is 0 Å². The first kappa shape index (κ1) is 12.1. The molecule has 1 aromatic carbocycles. The van der Waals surface area contributed by atoms with Crippen molar-refractivity contribution in [1.82, 2.24) is 5.32 Å². The average Bonchev–Trinajstić information content (AvgIpc) is 2.46. The topological polar surface area (TPSA) is 55.4 Å². The molecule has 2 rings (SSSR count). The maximum atomic E-state index is 11.1. The zero-order valence-electron chi connectivity index (χ0n) is 9.92. The van der Waals surface area contributed by atoms with Crippen molar-refractivity contribution < 1.29 is 14.3 Å². The molecule has 0 saturated heterocycles. The van der Waals surface area contributed by atoms with Crippen LogP contribution in [-0.4, -0.2) is 19.7 Å². The summed E-state index contributed by atoms with van der Waals surface area (Å²) in [5, 5.41) is 2.80. The minimum absolute atomic E-state index is 0.377. The largest absolute Gasteiger partial charge is 0.496 e. The summed E-state index contributed by atoms with van der Waals surface area (Å²) in [6, 6.07) is 7.36. The Bertz CT molecular complexity index is 508. The zero-order chi connectivity index (χ0) is 13.0. The van der Waals surface area contributed by atoms with E-state index in [0.717, 1.165) is 18.1 Å². The molecule has 18 heavy (non-hydrogen) atoms. The summed E-state index contributed by atoms with van der Waals surface area (Å²) in [4.78, 5) is 22.2. The van der Waals surface area contributed by atoms with Crippen LogP contribution < -0.4 is 10.1 Å². The molecule has 0 spiro atoms. The fourth-order valence-electron chi connectivity index (χ4n) is 2.06. The number of hydrogen-bond acceptors (Lipinski definition) is 4. The summed E-state index contributed by atoms with van der Waals surface area (Å²) in [5.74, 6) is 0.280. The second-order valence-electron chi connectivity index (χ2n) is 3.87. The van der Waals surface area contributed by atoms with Gasteiger partial charge in [0.2, 0.25) is 0 Å². The van der Waals surface area contributed by atoms with Gasteiger partial charge in [-0.15, -0.1) is 0 Å². The summed E-state index contributed by atoms with van der Waals surface area (Å²) in [7, 11) is 1.56. The molecule has 0 radical (unpaired) electrons. The number of rotatable bonds is 4. The van der Waals surface area contributed by atoms with Crippen LogP contribution in [0.25, 0.3) is 0 Å². The van der Waals surface area contributed by atoms with Crippen molar-refractivity contribution >= 4 is 12.6 Å². The molecule has 0 unspecified atom stereocenters. The standard InChI is InChI=1S/C14H13NO3/c1-18-13-5-3-2-4-12(13)14-10(8-16)6-15-7-11(14)9-17/h2-9,14-15H,1H3. The predicted molar refractivity (Wildman–Crippen MR) is 67.2 cm³/mol. The normalized spacial score (nSPS) is 15.2. The summed E-state index contributed by atoms with van der Waals surface area (Å²) in [6.45, 7) is 0. The smallest absolute Gasteiger partial charge is 0.148 e. The molecule has 1 aliphatic rings. The molecule has 4 heteroatoms. The fraction of sp³-hybridized carbons (Fsp3) is 0.143. The third-order valence-electron chi connectivity index (χ3n) is 2.89. The van der Waals surface area contributed by atoms with Crippen LogP contribution in [0, 0.1) is 0 Å². The molecule has 4 nitrogen and oxygen atoms in total. The van der Waals surface area contributed by atoms with E-state index in [0.29, 0.717) is 16.9 Å². The molecular formula is C14H13NO3. The van der Waals surface area contributed by atoms with Gasteiger partial charge in [0, 0.05) is 35.0 Å². The van der Waals surface area contributed by atoms with Gasteiger partial charge in [0.25, 0.3) is 0 Å². The second kappa shape index (κ2) is 5.31. The van der Waals surface area contributed by atoms with E-state index in [1.165, 1.54) is 0 Å². The van der Waals surface area contributed by atoms with Gasteiger partial charge < -0.3 is 10.1 Å². The van der Waals surface area contributed by atoms with E-state index in [2.05, 4.69) is 5.32 Å². The highest BCUT2D eigenvalue weighted by Crippen LogP contribution is 2.36. The Morgan fingerprint density at radius 1 is 1.11 bits per heavy atom. The molecule has 0 aliphatic carbocycles. The molecule has 0 atom stereocenters. The van der Waals surface area contributed by atoms with Gasteiger partial charge in [-0.1, -0.05) is 18.2 Å². The van der Waals surface area contributed by atoms with Gasteiger partial charge in [0.05, 0.1) is 7.11 Å². The molecular weight excluding hydrogens is 230 g/mol. The molecule has 0 bridgehead atoms. The highest BCUT2D eigenvalue weighted by atomic mass is 16.5. The lowest BCUT2D eigenvalue weighted by molar-refractivity contribution is -0.105. The minimum atomic E-state index is -0.377. The lowest BCUT2D eigenvalue weighted by Gasteiger charge is -2.22. The Morgan fingerprint density at radius 3 is 2.28 bits per heavy atom. The van der Waals surface area contributed by atoms with Crippen molar-refractivity contribution in [3.05, 3.63) is 53.4 Å². The van der Waals surface area contributed by atoms with Gasteiger partial charge >= 0.3 is 0 Å². The molecule has 0 aromatic heterocycles. The Hall–Kier alpha value is -2.36. The van der Waals surface area contributed by atoms with Crippen LogP contribution in [0.2, 0.25) is 0 Å². The quantitative estimate of drug-likeness (QED) is 0.815. The molecule has 0 fully saturated rings. The number of allylic oxidation sites excluding steroid dienone is 2. The molecule has 0 saturated carbocycles. The van der Waals surface area contributed by atoms with Gasteiger partial charge in [-0.2, -0.15) is 0 Å². The first-order valence-electron chi connectivity index (χ1n) is 5.51. The van der Waals surface area contributed by atoms with Gasteiger partial charge in [-0.3, -0.25) is 9.59 Å².